The van der Waals surface area contributed by atoms with E-state index in [9.17, 15) is 8.42 Å². The third kappa shape index (κ3) is 2.93. The van der Waals surface area contributed by atoms with E-state index in [0.29, 0.717) is 16.3 Å². The number of nitrogens with zero attached hydrogens (tertiary/aromatic N) is 1. The summed E-state index contributed by atoms with van der Waals surface area (Å²) in [7, 11) is -1.91. The van der Waals surface area contributed by atoms with Crippen LogP contribution >= 0.6 is 11.3 Å². The molecule has 0 fully saturated rings. The van der Waals surface area contributed by atoms with Gasteiger partial charge < -0.3 is 5.73 Å². The number of hydrogen-bond acceptors (Lipinski definition) is 4. The lowest BCUT2D eigenvalue weighted by molar-refractivity contribution is 0.466. The zero-order valence-corrected chi connectivity index (χ0v) is 13.2. The van der Waals surface area contributed by atoms with Gasteiger partial charge in [0.15, 0.2) is 0 Å². The van der Waals surface area contributed by atoms with Crippen molar-refractivity contribution in [2.75, 3.05) is 7.05 Å². The Kier molecular flexibility index (Phi) is 4.59. The number of aryl methyl sites for hydroxylation is 1. The first kappa shape index (κ1) is 15.2. The van der Waals surface area contributed by atoms with E-state index in [0.717, 1.165) is 11.1 Å². The molecule has 0 spiro atoms. The number of hydrogen-bond donors (Lipinski definition) is 1. The van der Waals surface area contributed by atoms with Gasteiger partial charge in [-0.2, -0.15) is 4.31 Å². The predicted molar refractivity (Wildman–Crippen MR) is 82.0 cm³/mol. The molecule has 2 rings (SSSR count). The van der Waals surface area contributed by atoms with Crippen molar-refractivity contribution in [1.29, 1.82) is 0 Å². The molecular formula is C14H18N2O2S2. The van der Waals surface area contributed by atoms with Crippen LogP contribution in [-0.2, 0) is 23.1 Å². The first-order valence-corrected chi connectivity index (χ1v) is 8.56. The highest BCUT2D eigenvalue weighted by atomic mass is 32.2. The monoisotopic (exact) mass is 310 g/mol. The molecule has 0 radical (unpaired) electrons. The standard InChI is InChI=1S/C14H18N2O2S2/c1-11-10-19-13(8-15)14(11)20(17,18)16(2)9-12-6-4-3-5-7-12/h3-7,10H,8-9,15H2,1-2H3. The van der Waals surface area contributed by atoms with Crippen LogP contribution in [-0.4, -0.2) is 19.8 Å². The van der Waals surface area contributed by atoms with Gasteiger partial charge in [-0.3, -0.25) is 0 Å². The van der Waals surface area contributed by atoms with Crippen LogP contribution in [0.3, 0.4) is 0 Å². The summed E-state index contributed by atoms with van der Waals surface area (Å²) in [5.74, 6) is 0. The minimum Gasteiger partial charge on any atom is -0.326 e. The van der Waals surface area contributed by atoms with Gasteiger partial charge in [-0.25, -0.2) is 8.42 Å². The molecule has 0 atom stereocenters. The molecule has 0 aliphatic heterocycles. The lowest BCUT2D eigenvalue weighted by Gasteiger charge is -2.18. The molecule has 1 aromatic heterocycles. The largest absolute Gasteiger partial charge is 0.326 e. The fraction of sp³-hybridized carbons (Fsp3) is 0.286. The topological polar surface area (TPSA) is 63.4 Å². The van der Waals surface area contributed by atoms with Gasteiger partial charge in [-0.1, -0.05) is 30.3 Å². The van der Waals surface area contributed by atoms with Crippen LogP contribution in [0.4, 0.5) is 0 Å². The van der Waals surface area contributed by atoms with Crippen molar-refractivity contribution in [1.82, 2.24) is 4.31 Å². The Morgan fingerprint density at radius 1 is 1.25 bits per heavy atom. The molecule has 0 saturated heterocycles. The summed E-state index contributed by atoms with van der Waals surface area (Å²) in [6, 6.07) is 9.54. The Bertz CT molecular complexity index is 678. The Morgan fingerprint density at radius 3 is 2.50 bits per heavy atom. The summed E-state index contributed by atoms with van der Waals surface area (Å²) >= 11 is 1.40. The predicted octanol–water partition coefficient (Wildman–Crippen LogP) is 2.34. The van der Waals surface area contributed by atoms with Gasteiger partial charge in [0.2, 0.25) is 10.0 Å². The molecule has 0 bridgehead atoms. The highest BCUT2D eigenvalue weighted by molar-refractivity contribution is 7.89. The molecule has 1 aromatic carbocycles. The number of thiophene rings is 1. The average Bonchev–Trinajstić information content (AvgIpc) is 2.81. The summed E-state index contributed by atoms with van der Waals surface area (Å²) < 4.78 is 26.7. The second-order valence-electron chi connectivity index (χ2n) is 4.62. The van der Waals surface area contributed by atoms with Crippen LogP contribution in [0.2, 0.25) is 0 Å². The summed E-state index contributed by atoms with van der Waals surface area (Å²) in [5, 5.41) is 1.84. The van der Waals surface area contributed by atoms with E-state index < -0.39 is 10.0 Å². The molecule has 1 heterocycles. The Morgan fingerprint density at radius 2 is 1.90 bits per heavy atom. The molecule has 0 amide bonds. The number of rotatable bonds is 5. The minimum absolute atomic E-state index is 0.242. The van der Waals surface area contributed by atoms with Crippen LogP contribution in [0.15, 0.2) is 40.6 Å². The van der Waals surface area contributed by atoms with Crippen molar-refractivity contribution in [2.24, 2.45) is 5.73 Å². The normalized spacial score (nSPS) is 12.0. The Hall–Kier alpha value is -1.21. The lowest BCUT2D eigenvalue weighted by atomic mass is 10.2. The molecule has 2 N–H and O–H groups in total. The van der Waals surface area contributed by atoms with Crippen molar-refractivity contribution in [3.05, 3.63) is 51.7 Å². The lowest BCUT2D eigenvalue weighted by Crippen LogP contribution is -2.27. The second-order valence-corrected chi connectivity index (χ2v) is 7.57. The molecule has 6 heteroatoms. The van der Waals surface area contributed by atoms with Crippen LogP contribution in [0, 0.1) is 6.92 Å². The van der Waals surface area contributed by atoms with Gasteiger partial charge in [0.05, 0.1) is 0 Å². The zero-order valence-electron chi connectivity index (χ0n) is 11.5. The highest BCUT2D eigenvalue weighted by Gasteiger charge is 2.26. The van der Waals surface area contributed by atoms with Gasteiger partial charge in [-0.05, 0) is 23.4 Å². The molecule has 4 nitrogen and oxygen atoms in total. The van der Waals surface area contributed by atoms with E-state index in [1.165, 1.54) is 15.6 Å². The van der Waals surface area contributed by atoms with E-state index >= 15 is 0 Å². The summed E-state index contributed by atoms with van der Waals surface area (Å²) in [6.45, 7) is 2.40. The van der Waals surface area contributed by atoms with Gasteiger partial charge in [0, 0.05) is 25.0 Å². The summed E-state index contributed by atoms with van der Waals surface area (Å²) in [4.78, 5) is 1.07. The van der Waals surface area contributed by atoms with E-state index in [1.807, 2.05) is 35.7 Å². The van der Waals surface area contributed by atoms with Gasteiger partial charge in [-0.15, -0.1) is 11.3 Å². The number of sulfonamides is 1. The van der Waals surface area contributed by atoms with Crippen LogP contribution in [0.25, 0.3) is 0 Å². The number of benzene rings is 1. The first-order chi connectivity index (χ1) is 9.46. The van der Waals surface area contributed by atoms with Crippen LogP contribution < -0.4 is 5.73 Å². The van der Waals surface area contributed by atoms with Crippen LogP contribution in [0.1, 0.15) is 16.0 Å². The quantitative estimate of drug-likeness (QED) is 0.922. The molecule has 0 aliphatic rings. The van der Waals surface area contributed by atoms with E-state index in [2.05, 4.69) is 0 Å². The maximum absolute atomic E-state index is 12.7. The highest BCUT2D eigenvalue weighted by Crippen LogP contribution is 2.29. The fourth-order valence-electron chi connectivity index (χ4n) is 2.06. The smallest absolute Gasteiger partial charge is 0.244 e. The van der Waals surface area contributed by atoms with Gasteiger partial charge in [0.25, 0.3) is 0 Å². The van der Waals surface area contributed by atoms with Crippen molar-refractivity contribution in [3.8, 4) is 0 Å². The molecule has 0 unspecified atom stereocenters. The molecular weight excluding hydrogens is 292 g/mol. The molecule has 108 valence electrons. The Balaban J connectivity index is 2.32. The van der Waals surface area contributed by atoms with E-state index in [1.54, 1.807) is 14.0 Å². The van der Waals surface area contributed by atoms with Gasteiger partial charge in [0.1, 0.15) is 4.90 Å². The summed E-state index contributed by atoms with van der Waals surface area (Å²) in [6.07, 6.45) is 0. The van der Waals surface area contributed by atoms with E-state index in [4.69, 9.17) is 5.73 Å². The maximum atomic E-state index is 12.7. The fourth-order valence-corrected chi connectivity index (χ4v) is 4.86. The third-order valence-corrected chi connectivity index (χ3v) is 6.38. The molecule has 20 heavy (non-hydrogen) atoms. The maximum Gasteiger partial charge on any atom is 0.244 e. The minimum atomic E-state index is -3.50. The zero-order chi connectivity index (χ0) is 14.8. The van der Waals surface area contributed by atoms with Crippen molar-refractivity contribution >= 4 is 21.4 Å². The Labute approximate surface area is 123 Å². The average molecular weight is 310 g/mol. The van der Waals surface area contributed by atoms with Crippen LogP contribution in [0.5, 0.6) is 0 Å². The van der Waals surface area contributed by atoms with Crippen molar-refractivity contribution in [3.63, 3.8) is 0 Å². The second kappa shape index (κ2) is 6.05. The molecule has 2 aromatic rings. The van der Waals surface area contributed by atoms with Crippen molar-refractivity contribution < 1.29 is 8.42 Å². The molecule has 0 aliphatic carbocycles. The van der Waals surface area contributed by atoms with E-state index in [-0.39, 0.29) is 6.54 Å². The number of nitrogens with two attached hydrogens (primary N) is 1. The summed E-state index contributed by atoms with van der Waals surface area (Å²) in [5.41, 5.74) is 7.36. The SMILES string of the molecule is Cc1csc(CN)c1S(=O)(=O)N(C)Cc1ccccc1. The third-order valence-electron chi connectivity index (χ3n) is 3.09. The molecule has 0 saturated carbocycles. The van der Waals surface area contributed by atoms with Crippen molar-refractivity contribution in [2.45, 2.75) is 24.9 Å². The first-order valence-electron chi connectivity index (χ1n) is 6.24. The van der Waals surface area contributed by atoms with Gasteiger partial charge >= 0.3 is 0 Å².